The Morgan fingerprint density at radius 2 is 2.08 bits per heavy atom. The predicted octanol–water partition coefficient (Wildman–Crippen LogP) is 3.76. The van der Waals surface area contributed by atoms with E-state index < -0.39 is 5.82 Å². The van der Waals surface area contributed by atoms with E-state index in [4.69, 9.17) is 16.0 Å². The fraction of sp³-hybridized carbons (Fsp3) is 0.471. The summed E-state index contributed by atoms with van der Waals surface area (Å²) < 4.78 is 19.2. The van der Waals surface area contributed by atoms with Crippen molar-refractivity contribution in [1.82, 2.24) is 15.5 Å². The van der Waals surface area contributed by atoms with Crippen molar-refractivity contribution >= 4 is 17.5 Å². The van der Waals surface area contributed by atoms with Crippen LogP contribution in [-0.4, -0.2) is 22.1 Å². The summed E-state index contributed by atoms with van der Waals surface area (Å²) in [5, 5.41) is 10.8. The molecule has 0 spiro atoms. The number of benzene rings is 1. The zero-order valence-corrected chi connectivity index (χ0v) is 14.1. The van der Waals surface area contributed by atoms with Crippen LogP contribution in [0.1, 0.15) is 54.7 Å². The molecule has 0 aliphatic heterocycles. The van der Waals surface area contributed by atoms with Crippen LogP contribution in [0.4, 0.5) is 4.39 Å². The smallest absolute Gasteiger partial charge is 0.309 e. The van der Waals surface area contributed by atoms with Gasteiger partial charge in [-0.15, -0.1) is 10.2 Å². The summed E-state index contributed by atoms with van der Waals surface area (Å²) in [6.07, 6.45) is 4.17. The Kier molecular flexibility index (Phi) is 5.14. The third-order valence-corrected chi connectivity index (χ3v) is 4.76. The topological polar surface area (TPSA) is 68.0 Å². The van der Waals surface area contributed by atoms with Crippen molar-refractivity contribution in [2.24, 2.45) is 5.92 Å². The highest BCUT2D eigenvalue weighted by atomic mass is 35.5. The number of aromatic nitrogens is 2. The SMILES string of the molecule is CC1CCC(NC(=O)c2nnc(Cc3c(F)cccc3Cl)o2)CC1. The molecule has 3 rings (SSSR count). The lowest BCUT2D eigenvalue weighted by Crippen LogP contribution is -2.37. The summed E-state index contributed by atoms with van der Waals surface area (Å²) >= 11 is 5.98. The number of rotatable bonds is 4. The first-order valence-corrected chi connectivity index (χ1v) is 8.47. The molecule has 0 saturated heterocycles. The number of halogens is 2. The molecule has 128 valence electrons. The fourth-order valence-corrected chi connectivity index (χ4v) is 3.15. The molecule has 1 aromatic carbocycles. The first-order valence-electron chi connectivity index (χ1n) is 8.09. The van der Waals surface area contributed by atoms with Gasteiger partial charge in [0, 0.05) is 16.6 Å². The van der Waals surface area contributed by atoms with Gasteiger partial charge in [-0.05, 0) is 43.7 Å². The molecule has 1 saturated carbocycles. The molecule has 1 heterocycles. The van der Waals surface area contributed by atoms with Crippen molar-refractivity contribution in [3.05, 3.63) is 46.4 Å². The highest BCUT2D eigenvalue weighted by Crippen LogP contribution is 2.24. The first kappa shape index (κ1) is 16.9. The summed E-state index contributed by atoms with van der Waals surface area (Å²) in [6.45, 7) is 2.22. The number of nitrogens with one attached hydrogen (secondary N) is 1. The van der Waals surface area contributed by atoms with E-state index in [0.29, 0.717) is 5.92 Å². The maximum atomic E-state index is 13.8. The summed E-state index contributed by atoms with van der Waals surface area (Å²) in [4.78, 5) is 12.2. The van der Waals surface area contributed by atoms with Gasteiger partial charge in [0.2, 0.25) is 5.89 Å². The van der Waals surface area contributed by atoms with Crippen LogP contribution in [0.25, 0.3) is 0 Å². The normalized spacial score (nSPS) is 20.8. The van der Waals surface area contributed by atoms with Gasteiger partial charge in [0.15, 0.2) is 0 Å². The number of amides is 1. The minimum Gasteiger partial charge on any atom is -0.417 e. The van der Waals surface area contributed by atoms with Gasteiger partial charge in [0.05, 0.1) is 6.42 Å². The van der Waals surface area contributed by atoms with E-state index in [1.165, 1.54) is 12.1 Å². The Hall–Kier alpha value is -1.95. The van der Waals surface area contributed by atoms with Crippen LogP contribution in [0.3, 0.4) is 0 Å². The van der Waals surface area contributed by atoms with Crippen LogP contribution < -0.4 is 5.32 Å². The molecule has 5 nitrogen and oxygen atoms in total. The maximum absolute atomic E-state index is 13.8. The molecule has 0 bridgehead atoms. The Bertz CT molecular complexity index is 706. The fourth-order valence-electron chi connectivity index (χ4n) is 2.92. The van der Waals surface area contributed by atoms with Gasteiger partial charge in [0.1, 0.15) is 5.82 Å². The second-order valence-corrected chi connectivity index (χ2v) is 6.72. The van der Waals surface area contributed by atoms with E-state index in [1.807, 2.05) is 0 Å². The van der Waals surface area contributed by atoms with E-state index >= 15 is 0 Å². The molecule has 24 heavy (non-hydrogen) atoms. The number of nitrogens with zero attached hydrogens (tertiary/aromatic N) is 2. The molecule has 1 aliphatic carbocycles. The number of hydrogen-bond donors (Lipinski definition) is 1. The molecule has 2 aromatic rings. The highest BCUT2D eigenvalue weighted by Gasteiger charge is 2.23. The third-order valence-electron chi connectivity index (χ3n) is 4.40. The number of hydrogen-bond acceptors (Lipinski definition) is 4. The highest BCUT2D eigenvalue weighted by molar-refractivity contribution is 6.31. The summed E-state index contributed by atoms with van der Waals surface area (Å²) in [5.74, 6) is -0.0601. The zero-order valence-electron chi connectivity index (χ0n) is 13.4. The van der Waals surface area contributed by atoms with Gasteiger partial charge in [-0.2, -0.15) is 0 Å². The Labute approximate surface area is 144 Å². The van der Waals surface area contributed by atoms with Gasteiger partial charge >= 0.3 is 11.8 Å². The van der Waals surface area contributed by atoms with Gasteiger partial charge < -0.3 is 9.73 Å². The van der Waals surface area contributed by atoms with E-state index in [-0.39, 0.29) is 40.7 Å². The molecule has 1 N–H and O–H groups in total. The molecular weight excluding hydrogens is 333 g/mol. The standard InChI is InChI=1S/C17H19ClFN3O2/c1-10-5-7-11(8-6-10)20-16(23)17-22-21-15(24-17)9-12-13(18)3-2-4-14(12)19/h2-4,10-11H,5-9H2,1H3,(H,20,23). The molecule has 7 heteroatoms. The predicted molar refractivity (Wildman–Crippen MR) is 87.4 cm³/mol. The lowest BCUT2D eigenvalue weighted by atomic mass is 9.87. The second kappa shape index (κ2) is 7.30. The van der Waals surface area contributed by atoms with E-state index in [9.17, 15) is 9.18 Å². The van der Waals surface area contributed by atoms with Gasteiger partial charge in [-0.25, -0.2) is 4.39 Å². The monoisotopic (exact) mass is 351 g/mol. The van der Waals surface area contributed by atoms with Crippen LogP contribution >= 0.6 is 11.6 Å². The number of carbonyl (C=O) groups is 1. The molecule has 1 fully saturated rings. The van der Waals surface area contributed by atoms with Crippen LogP contribution in [0.2, 0.25) is 5.02 Å². The van der Waals surface area contributed by atoms with Crippen LogP contribution in [0, 0.1) is 11.7 Å². The lowest BCUT2D eigenvalue weighted by Gasteiger charge is -2.26. The minimum absolute atomic E-state index is 0.0483. The summed E-state index contributed by atoms with van der Waals surface area (Å²) in [6, 6.07) is 4.58. The summed E-state index contributed by atoms with van der Waals surface area (Å²) in [5.41, 5.74) is 0.274. The molecule has 0 unspecified atom stereocenters. The molecule has 1 aromatic heterocycles. The minimum atomic E-state index is -0.442. The average molecular weight is 352 g/mol. The van der Waals surface area contributed by atoms with Crippen molar-refractivity contribution in [2.45, 2.75) is 45.1 Å². The summed E-state index contributed by atoms with van der Waals surface area (Å²) in [7, 11) is 0. The van der Waals surface area contributed by atoms with Crippen LogP contribution in [0.5, 0.6) is 0 Å². The Morgan fingerprint density at radius 3 is 2.79 bits per heavy atom. The van der Waals surface area contributed by atoms with Crippen molar-refractivity contribution in [3.63, 3.8) is 0 Å². The average Bonchev–Trinajstić information content (AvgIpc) is 3.02. The largest absolute Gasteiger partial charge is 0.417 e. The van der Waals surface area contributed by atoms with Gasteiger partial charge in [-0.1, -0.05) is 24.6 Å². The van der Waals surface area contributed by atoms with Crippen LogP contribution in [0.15, 0.2) is 22.6 Å². The van der Waals surface area contributed by atoms with Crippen molar-refractivity contribution in [1.29, 1.82) is 0 Å². The van der Waals surface area contributed by atoms with Crippen molar-refractivity contribution in [2.75, 3.05) is 0 Å². The molecule has 0 radical (unpaired) electrons. The Morgan fingerprint density at radius 1 is 1.33 bits per heavy atom. The molecule has 1 aliphatic rings. The maximum Gasteiger partial charge on any atom is 0.309 e. The second-order valence-electron chi connectivity index (χ2n) is 6.31. The molecule has 0 atom stereocenters. The van der Waals surface area contributed by atoms with Crippen LogP contribution in [-0.2, 0) is 6.42 Å². The van der Waals surface area contributed by atoms with E-state index in [1.54, 1.807) is 6.07 Å². The number of carbonyl (C=O) groups excluding carboxylic acids is 1. The van der Waals surface area contributed by atoms with Gasteiger partial charge in [-0.3, -0.25) is 4.79 Å². The molecule has 1 amide bonds. The van der Waals surface area contributed by atoms with Gasteiger partial charge in [0.25, 0.3) is 0 Å². The van der Waals surface area contributed by atoms with Crippen molar-refractivity contribution < 1.29 is 13.6 Å². The quantitative estimate of drug-likeness (QED) is 0.910. The van der Waals surface area contributed by atoms with E-state index in [0.717, 1.165) is 25.7 Å². The first-order chi connectivity index (χ1) is 11.5. The third kappa shape index (κ3) is 3.93. The Balaban J connectivity index is 1.64. The zero-order chi connectivity index (χ0) is 17.1. The lowest BCUT2D eigenvalue weighted by molar-refractivity contribution is 0.0886. The van der Waals surface area contributed by atoms with E-state index in [2.05, 4.69) is 22.4 Å². The molecular formula is C17H19ClFN3O2. The van der Waals surface area contributed by atoms with Crippen molar-refractivity contribution in [3.8, 4) is 0 Å².